The highest BCUT2D eigenvalue weighted by Gasteiger charge is 2.44. The molecule has 5 aromatic rings. The van der Waals surface area contributed by atoms with E-state index in [2.05, 4.69) is 45.5 Å². The van der Waals surface area contributed by atoms with Gasteiger partial charge < -0.3 is 39.6 Å². The molecule has 0 unspecified atom stereocenters. The minimum atomic E-state index is -0.955. The Morgan fingerprint density at radius 1 is 0.900 bits per heavy atom. The van der Waals surface area contributed by atoms with Crippen LogP contribution in [0.2, 0.25) is 5.02 Å². The summed E-state index contributed by atoms with van der Waals surface area (Å²) in [7, 11) is 0. The topological polar surface area (TPSA) is 198 Å². The average molecular weight is 995 g/mol. The van der Waals surface area contributed by atoms with Crippen LogP contribution in [0.3, 0.4) is 0 Å². The van der Waals surface area contributed by atoms with Crippen LogP contribution in [0.5, 0.6) is 11.8 Å². The largest absolute Gasteiger partial charge is 0.487 e. The molecule has 70 heavy (non-hydrogen) atoms. The Kier molecular flexibility index (Phi) is 18.9. The maximum absolute atomic E-state index is 14.0. The fourth-order valence-corrected chi connectivity index (χ4v) is 9.10. The number of benzene rings is 3. The summed E-state index contributed by atoms with van der Waals surface area (Å²) in [5.41, 5.74) is 6.84. The Labute approximate surface area is 419 Å². The number of hydrogen-bond acceptors (Lipinski definition) is 13. The van der Waals surface area contributed by atoms with Gasteiger partial charge in [-0.05, 0) is 90.8 Å². The molecule has 3 heterocycles. The highest BCUT2D eigenvalue weighted by atomic mass is 35.5. The maximum Gasteiger partial charge on any atom is 0.316 e. The van der Waals surface area contributed by atoms with E-state index >= 15 is 0 Å². The predicted octanol–water partition coefficient (Wildman–Crippen LogP) is 8.29. The van der Waals surface area contributed by atoms with E-state index in [4.69, 9.17) is 30.5 Å². The summed E-state index contributed by atoms with van der Waals surface area (Å²) < 4.78 is 23.2. The van der Waals surface area contributed by atoms with Crippen LogP contribution in [0.15, 0.2) is 84.5 Å². The number of thiazole rings is 1. The molecule has 372 valence electrons. The van der Waals surface area contributed by atoms with Gasteiger partial charge in [0, 0.05) is 55.8 Å². The maximum atomic E-state index is 14.0. The van der Waals surface area contributed by atoms with Crippen LogP contribution in [0.4, 0.5) is 0 Å². The van der Waals surface area contributed by atoms with E-state index in [0.29, 0.717) is 61.3 Å². The molecule has 4 atom stereocenters. The van der Waals surface area contributed by atoms with Crippen molar-refractivity contribution in [1.29, 1.82) is 5.26 Å². The van der Waals surface area contributed by atoms with Crippen LogP contribution in [-0.4, -0.2) is 100 Å². The van der Waals surface area contributed by atoms with Gasteiger partial charge >= 0.3 is 6.01 Å². The molecule has 3 aromatic carbocycles. The molecule has 15 nitrogen and oxygen atoms in total. The van der Waals surface area contributed by atoms with Gasteiger partial charge in [0.2, 0.25) is 17.7 Å². The third-order valence-electron chi connectivity index (χ3n) is 12.2. The second-order valence-corrected chi connectivity index (χ2v) is 20.4. The summed E-state index contributed by atoms with van der Waals surface area (Å²) in [6.45, 7) is 15.2. The number of rotatable bonds is 23. The van der Waals surface area contributed by atoms with Crippen molar-refractivity contribution in [3.63, 3.8) is 0 Å². The molecule has 3 amide bonds. The van der Waals surface area contributed by atoms with Crippen LogP contribution in [-0.2, 0) is 35.9 Å². The summed E-state index contributed by atoms with van der Waals surface area (Å²) >= 11 is 7.85. The van der Waals surface area contributed by atoms with E-state index in [1.165, 1.54) is 4.90 Å². The number of nitrogens with zero attached hydrogens (tertiary/aromatic N) is 5. The second kappa shape index (κ2) is 24.7. The van der Waals surface area contributed by atoms with Crippen molar-refractivity contribution in [2.45, 2.75) is 110 Å². The number of carbonyl (C=O) groups excluding carboxylic acids is 3. The number of hydrogen-bond donors (Lipinski definition) is 3. The average Bonchev–Trinajstić information content (AvgIpc) is 3.96. The first-order valence-corrected chi connectivity index (χ1v) is 24.8. The van der Waals surface area contributed by atoms with Gasteiger partial charge in [-0.25, -0.2) is 9.97 Å². The van der Waals surface area contributed by atoms with Crippen LogP contribution in [0, 0.1) is 23.7 Å². The zero-order valence-electron chi connectivity index (χ0n) is 41.0. The standard InChI is InChI=1S/C53H64ClN7O8S/c1-34(37-11-13-38(14-12-37)47-35(2)57-33-70-47)58-49(64)45-28-43(62)30-61(45)50(65)48(52(3,4)5)60-46(63)32-67-22-9-8-21-66-23-10-24-68-51-56-20-19-42(59-51)31-69-44-17-15-39(16-18-44)53(6,7)40-25-36(29-55)26-41(54)27-40/h11-20,25-27,33-34,43,45,48,62H,8-10,21-24,28,30-32H2,1-7H3,(H,58,64)(H,60,63)/t34-,43+,45-,48+/m0/s1. The number of aromatic nitrogens is 3. The van der Waals surface area contributed by atoms with Gasteiger partial charge in [-0.15, -0.1) is 11.3 Å². The molecule has 2 aromatic heterocycles. The summed E-state index contributed by atoms with van der Waals surface area (Å²) in [4.78, 5) is 56.2. The molecule has 0 saturated carbocycles. The number of likely N-dealkylation sites (tertiary alicyclic amines) is 1. The zero-order chi connectivity index (χ0) is 50.4. The quantitative estimate of drug-likeness (QED) is 0.0530. The molecule has 3 N–H and O–H groups in total. The van der Waals surface area contributed by atoms with Gasteiger partial charge in [-0.3, -0.25) is 14.4 Å². The Bertz CT molecular complexity index is 2580. The van der Waals surface area contributed by atoms with Gasteiger partial charge in [0.25, 0.3) is 0 Å². The van der Waals surface area contributed by atoms with Gasteiger partial charge in [-0.2, -0.15) is 10.2 Å². The van der Waals surface area contributed by atoms with E-state index in [0.717, 1.165) is 39.2 Å². The summed E-state index contributed by atoms with van der Waals surface area (Å²) in [6, 6.07) is 23.1. The van der Waals surface area contributed by atoms with Crippen molar-refractivity contribution >= 4 is 40.7 Å². The number of aryl methyl sites for hydroxylation is 1. The zero-order valence-corrected chi connectivity index (χ0v) is 42.6. The van der Waals surface area contributed by atoms with Crippen molar-refractivity contribution in [1.82, 2.24) is 30.5 Å². The van der Waals surface area contributed by atoms with E-state index in [1.54, 1.807) is 29.7 Å². The van der Waals surface area contributed by atoms with Gasteiger partial charge in [0.1, 0.15) is 31.0 Å². The lowest BCUT2D eigenvalue weighted by Crippen LogP contribution is -2.58. The predicted molar refractivity (Wildman–Crippen MR) is 268 cm³/mol. The van der Waals surface area contributed by atoms with Crippen LogP contribution in [0.1, 0.15) is 107 Å². The van der Waals surface area contributed by atoms with E-state index < -0.39 is 35.4 Å². The number of β-amino-alcohol motifs (C(OH)–C–C–N with tert-alkyl or cyclic N) is 1. The van der Waals surface area contributed by atoms with Crippen LogP contribution < -0.4 is 20.1 Å². The van der Waals surface area contributed by atoms with Crippen LogP contribution in [0.25, 0.3) is 10.4 Å². The molecular formula is C53H64ClN7O8S. The number of halogens is 1. The summed E-state index contributed by atoms with van der Waals surface area (Å²) in [5, 5.41) is 26.4. The minimum Gasteiger partial charge on any atom is -0.487 e. The molecule has 1 fully saturated rings. The number of carbonyl (C=O) groups is 3. The lowest BCUT2D eigenvalue weighted by atomic mass is 9.78. The Hall–Kier alpha value is -5.96. The summed E-state index contributed by atoms with van der Waals surface area (Å²) in [5.74, 6) is -0.568. The molecule has 1 aliphatic rings. The first-order chi connectivity index (χ1) is 33.4. The number of unbranched alkanes of at least 4 members (excludes halogenated alkanes) is 1. The first-order valence-electron chi connectivity index (χ1n) is 23.6. The number of ether oxygens (including phenoxy) is 4. The van der Waals surface area contributed by atoms with E-state index in [9.17, 15) is 24.8 Å². The van der Waals surface area contributed by atoms with Crippen molar-refractivity contribution in [2.24, 2.45) is 5.41 Å². The number of nitrogens with one attached hydrogen (secondary N) is 2. The number of nitriles is 1. The molecule has 1 saturated heterocycles. The number of amides is 3. The third-order valence-corrected chi connectivity index (χ3v) is 13.4. The summed E-state index contributed by atoms with van der Waals surface area (Å²) in [6.07, 6.45) is 2.87. The Morgan fingerprint density at radius 2 is 1.61 bits per heavy atom. The van der Waals surface area contributed by atoms with Crippen molar-refractivity contribution in [2.75, 3.05) is 39.6 Å². The van der Waals surface area contributed by atoms with Crippen molar-refractivity contribution in [3.05, 3.63) is 123 Å². The molecule has 1 aliphatic heterocycles. The minimum absolute atomic E-state index is 0.0149. The molecule has 17 heteroatoms. The van der Waals surface area contributed by atoms with Gasteiger partial charge in [0.15, 0.2) is 0 Å². The Balaban J connectivity index is 0.842. The number of aliphatic hydroxyl groups excluding tert-OH is 1. The lowest BCUT2D eigenvalue weighted by molar-refractivity contribution is -0.144. The van der Waals surface area contributed by atoms with Gasteiger partial charge in [-0.1, -0.05) is 82.6 Å². The SMILES string of the molecule is Cc1ncsc1-c1ccc([C@H](C)NC(=O)[C@@H]2C[C@@H](O)CN2C(=O)[C@@H](NC(=O)COCCCCOCCCOc2nccc(COc3ccc(C(C)(C)c4cc(Cl)cc(C#N)c4)cc3)n2)C(C)(C)C)cc1. The third kappa shape index (κ3) is 14.8. The van der Waals surface area contributed by atoms with E-state index in [-0.39, 0.29) is 49.6 Å². The molecule has 0 aliphatic carbocycles. The van der Waals surface area contributed by atoms with Crippen molar-refractivity contribution < 1.29 is 38.4 Å². The van der Waals surface area contributed by atoms with E-state index in [1.807, 2.05) is 101 Å². The molecule has 6 rings (SSSR count). The molecule has 0 radical (unpaired) electrons. The first kappa shape index (κ1) is 53.4. The van der Waals surface area contributed by atoms with Crippen LogP contribution >= 0.6 is 22.9 Å². The fourth-order valence-electron chi connectivity index (χ4n) is 8.05. The Morgan fingerprint density at radius 3 is 2.30 bits per heavy atom. The highest BCUT2D eigenvalue weighted by molar-refractivity contribution is 7.13. The fraction of sp³-hybridized carbons (Fsp3) is 0.453. The second-order valence-electron chi connectivity index (χ2n) is 19.1. The van der Waals surface area contributed by atoms with Crippen molar-refractivity contribution in [3.8, 4) is 28.3 Å². The number of aliphatic hydroxyl groups is 1. The molecular weight excluding hydrogens is 930 g/mol. The van der Waals surface area contributed by atoms with Gasteiger partial charge in [0.05, 0.1) is 52.2 Å². The molecule has 0 spiro atoms. The monoisotopic (exact) mass is 993 g/mol. The lowest BCUT2D eigenvalue weighted by Gasteiger charge is -2.35. The highest BCUT2D eigenvalue weighted by Crippen LogP contribution is 2.35. The smallest absolute Gasteiger partial charge is 0.316 e. The normalized spacial score (nSPS) is 15.7. The molecule has 0 bridgehead atoms.